The summed E-state index contributed by atoms with van der Waals surface area (Å²) in [5, 5.41) is 1.34. The lowest BCUT2D eigenvalue weighted by Gasteiger charge is -2.53. The summed E-state index contributed by atoms with van der Waals surface area (Å²) >= 11 is 0. The van der Waals surface area contributed by atoms with Gasteiger partial charge in [0.2, 0.25) is 0 Å². The zero-order valence-corrected chi connectivity index (χ0v) is 14.5. The van der Waals surface area contributed by atoms with Gasteiger partial charge in [-0.2, -0.15) is 0 Å². The Morgan fingerprint density at radius 2 is 2.12 bits per heavy atom. The van der Waals surface area contributed by atoms with Crippen LogP contribution in [0.2, 0.25) is 0 Å². The molecule has 3 aliphatic rings. The molecule has 3 aliphatic heterocycles. The maximum Gasteiger partial charge on any atom is 0.176 e. The topological polar surface area (TPSA) is 25.2 Å². The molecule has 24 heavy (non-hydrogen) atoms. The lowest BCUT2D eigenvalue weighted by molar-refractivity contribution is -0.112. The van der Waals surface area contributed by atoms with E-state index >= 15 is 0 Å². The molecule has 4 heterocycles. The van der Waals surface area contributed by atoms with Crippen molar-refractivity contribution in [3.63, 3.8) is 0 Å². The monoisotopic (exact) mass is 320 g/mol. The fourth-order valence-corrected chi connectivity index (χ4v) is 5.54. The molecule has 0 amide bonds. The summed E-state index contributed by atoms with van der Waals surface area (Å²) in [6, 6.07) is 9.07. The molecule has 2 aromatic rings. The normalized spacial score (nSPS) is 28.6. The van der Waals surface area contributed by atoms with E-state index in [1.54, 1.807) is 6.92 Å². The Hall–Kier alpha value is -1.87. The smallest absolute Gasteiger partial charge is 0.176 e. The summed E-state index contributed by atoms with van der Waals surface area (Å²) in [6.07, 6.45) is 6.97. The first-order valence-corrected chi connectivity index (χ1v) is 9.27. The molecule has 1 saturated heterocycles. The average Bonchev–Trinajstić information content (AvgIpc) is 2.95. The van der Waals surface area contributed by atoms with Crippen molar-refractivity contribution in [3.8, 4) is 0 Å². The third-order valence-corrected chi connectivity index (χ3v) is 6.61. The molecule has 0 bridgehead atoms. The van der Waals surface area contributed by atoms with Gasteiger partial charge in [-0.3, -0.25) is 9.69 Å². The molecular formula is C21H24N2O. The predicted octanol–water partition coefficient (Wildman–Crippen LogP) is 4.17. The molecule has 2 atom stereocenters. The molecule has 5 rings (SSSR count). The quantitative estimate of drug-likeness (QED) is 0.829. The predicted molar refractivity (Wildman–Crippen MR) is 96.9 cm³/mol. The highest BCUT2D eigenvalue weighted by Crippen LogP contribution is 2.56. The number of carbonyl (C=O) groups is 1. The summed E-state index contributed by atoms with van der Waals surface area (Å²) in [4.78, 5) is 15.2. The number of nitrogens with zero attached hydrogens (tertiary/aromatic N) is 2. The van der Waals surface area contributed by atoms with Crippen molar-refractivity contribution < 1.29 is 4.79 Å². The van der Waals surface area contributed by atoms with Gasteiger partial charge in [0, 0.05) is 30.0 Å². The number of hydrogen-bond acceptors (Lipinski definition) is 2. The first kappa shape index (κ1) is 14.5. The zero-order chi connectivity index (χ0) is 16.5. The van der Waals surface area contributed by atoms with E-state index in [-0.39, 0.29) is 11.2 Å². The maximum absolute atomic E-state index is 12.5. The van der Waals surface area contributed by atoms with Gasteiger partial charge < -0.3 is 4.57 Å². The Labute approximate surface area is 142 Å². The number of benzene rings is 1. The van der Waals surface area contributed by atoms with Crippen molar-refractivity contribution >= 4 is 22.4 Å². The van der Waals surface area contributed by atoms with Crippen LogP contribution in [0.3, 0.4) is 0 Å². The Morgan fingerprint density at radius 1 is 1.29 bits per heavy atom. The van der Waals surface area contributed by atoms with Crippen LogP contribution in [-0.4, -0.2) is 28.3 Å². The molecule has 0 saturated carbocycles. The summed E-state index contributed by atoms with van der Waals surface area (Å²) in [5.41, 5.74) is 5.13. The van der Waals surface area contributed by atoms with Gasteiger partial charge in [-0.05, 0) is 49.9 Å². The molecule has 0 aliphatic carbocycles. The van der Waals surface area contributed by atoms with Gasteiger partial charge in [-0.15, -0.1) is 0 Å². The summed E-state index contributed by atoms with van der Waals surface area (Å²) in [7, 11) is 0. The molecule has 3 heteroatoms. The van der Waals surface area contributed by atoms with Crippen molar-refractivity contribution in [2.75, 3.05) is 13.1 Å². The number of hydrogen-bond donors (Lipinski definition) is 0. The van der Waals surface area contributed by atoms with Crippen LogP contribution in [-0.2, 0) is 11.2 Å². The largest absolute Gasteiger partial charge is 0.309 e. The molecule has 0 spiro atoms. The molecule has 1 aromatic heterocycles. The van der Waals surface area contributed by atoms with E-state index in [0.29, 0.717) is 6.04 Å². The Balaban J connectivity index is 1.92. The van der Waals surface area contributed by atoms with E-state index in [1.165, 1.54) is 41.5 Å². The molecular weight excluding hydrogens is 296 g/mol. The highest BCUT2D eigenvalue weighted by atomic mass is 16.1. The number of rotatable bonds is 2. The number of carbonyl (C=O) groups excluding carboxylic acids is 1. The standard InChI is InChI=1S/C21H24N2O/c1-3-21-10-6-11-22-12-9-16-15-7-4-5-8-17(15)23(19(16)20(21)22)18(13-21)14(2)24/h4-5,7-8,13,20H,3,6,9-12H2,1-2H3/t20-,21+/m1/s1. The summed E-state index contributed by atoms with van der Waals surface area (Å²) in [6.45, 7) is 6.36. The van der Waals surface area contributed by atoms with E-state index in [1.807, 2.05) is 0 Å². The lowest BCUT2D eigenvalue weighted by Crippen LogP contribution is -2.51. The van der Waals surface area contributed by atoms with Gasteiger partial charge in [-0.25, -0.2) is 0 Å². The molecule has 0 unspecified atom stereocenters. The second-order valence-electron chi connectivity index (χ2n) is 7.68. The van der Waals surface area contributed by atoms with Crippen LogP contribution < -0.4 is 0 Å². The summed E-state index contributed by atoms with van der Waals surface area (Å²) in [5.74, 6) is 0.188. The minimum atomic E-state index is 0.124. The van der Waals surface area contributed by atoms with Gasteiger partial charge in [-0.1, -0.05) is 25.1 Å². The number of ketones is 1. The zero-order valence-electron chi connectivity index (χ0n) is 14.5. The minimum Gasteiger partial charge on any atom is -0.309 e. The van der Waals surface area contributed by atoms with E-state index in [9.17, 15) is 4.79 Å². The fraction of sp³-hybridized carbons (Fsp3) is 0.476. The first-order chi connectivity index (χ1) is 11.7. The van der Waals surface area contributed by atoms with Crippen LogP contribution >= 0.6 is 0 Å². The van der Waals surface area contributed by atoms with Crippen molar-refractivity contribution in [2.24, 2.45) is 5.41 Å². The van der Waals surface area contributed by atoms with Crippen molar-refractivity contribution in [1.29, 1.82) is 0 Å². The molecule has 124 valence electrons. The van der Waals surface area contributed by atoms with Crippen LogP contribution in [0.15, 0.2) is 30.3 Å². The Kier molecular flexibility index (Phi) is 2.91. The second kappa shape index (κ2) is 4.82. The second-order valence-corrected chi connectivity index (χ2v) is 7.68. The number of Topliss-reactive ketones (excluding diaryl/α,β-unsaturated/α-hetero) is 1. The third-order valence-electron chi connectivity index (χ3n) is 6.61. The van der Waals surface area contributed by atoms with Crippen LogP contribution in [0.5, 0.6) is 0 Å². The number of piperidine rings is 1. The van der Waals surface area contributed by atoms with E-state index in [0.717, 1.165) is 25.1 Å². The molecule has 1 aromatic carbocycles. The van der Waals surface area contributed by atoms with Gasteiger partial charge >= 0.3 is 0 Å². The van der Waals surface area contributed by atoms with Crippen LogP contribution in [0, 0.1) is 5.41 Å². The van der Waals surface area contributed by atoms with E-state index in [4.69, 9.17) is 0 Å². The Bertz CT molecular complexity index is 891. The molecule has 1 fully saturated rings. The first-order valence-electron chi connectivity index (χ1n) is 9.27. The minimum absolute atomic E-state index is 0.124. The highest BCUT2D eigenvalue weighted by molar-refractivity contribution is 6.16. The van der Waals surface area contributed by atoms with E-state index < -0.39 is 0 Å². The number of fused-ring (bicyclic) bond motifs is 3. The lowest BCUT2D eigenvalue weighted by atomic mass is 9.66. The van der Waals surface area contributed by atoms with Crippen molar-refractivity contribution in [3.05, 3.63) is 41.6 Å². The van der Waals surface area contributed by atoms with Gasteiger partial charge in [0.15, 0.2) is 5.78 Å². The SMILES string of the molecule is CC[C@@]12C=C(C(C)=O)n3c4c(c5ccccc53)CCN(CCC1)[C@H]42. The van der Waals surface area contributed by atoms with Crippen LogP contribution in [0.25, 0.3) is 16.6 Å². The summed E-state index contributed by atoms with van der Waals surface area (Å²) < 4.78 is 2.29. The number of allylic oxidation sites excluding steroid dienone is 1. The average molecular weight is 320 g/mol. The van der Waals surface area contributed by atoms with Crippen molar-refractivity contribution in [1.82, 2.24) is 9.47 Å². The van der Waals surface area contributed by atoms with Crippen molar-refractivity contribution in [2.45, 2.75) is 45.6 Å². The molecule has 3 nitrogen and oxygen atoms in total. The van der Waals surface area contributed by atoms with Gasteiger partial charge in [0.25, 0.3) is 0 Å². The third kappa shape index (κ3) is 1.63. The van der Waals surface area contributed by atoms with Crippen LogP contribution in [0.4, 0.5) is 0 Å². The fourth-order valence-electron chi connectivity index (χ4n) is 5.54. The van der Waals surface area contributed by atoms with E-state index in [2.05, 4.69) is 46.7 Å². The Morgan fingerprint density at radius 3 is 2.92 bits per heavy atom. The molecule has 0 N–H and O–H groups in total. The molecule has 0 radical (unpaired) electrons. The highest BCUT2D eigenvalue weighted by Gasteiger charge is 2.50. The maximum atomic E-state index is 12.5. The van der Waals surface area contributed by atoms with Gasteiger partial charge in [0.1, 0.15) is 0 Å². The number of para-hydroxylation sites is 1. The number of aromatic nitrogens is 1. The van der Waals surface area contributed by atoms with Gasteiger partial charge in [0.05, 0.1) is 17.3 Å². The van der Waals surface area contributed by atoms with Crippen LogP contribution in [0.1, 0.15) is 50.4 Å².